The van der Waals surface area contributed by atoms with Gasteiger partial charge in [0.05, 0.1) is 18.4 Å². The van der Waals surface area contributed by atoms with E-state index in [0.717, 1.165) is 29.9 Å². The maximum absolute atomic E-state index is 5.61. The minimum Gasteiger partial charge on any atom is -0.376 e. The first-order valence-electron chi connectivity index (χ1n) is 5.61. The van der Waals surface area contributed by atoms with Gasteiger partial charge in [-0.05, 0) is 41.9 Å². The lowest BCUT2D eigenvalue weighted by Crippen LogP contribution is -2.46. The van der Waals surface area contributed by atoms with E-state index in [4.69, 9.17) is 4.74 Å². The van der Waals surface area contributed by atoms with Crippen LogP contribution in [0.2, 0.25) is 0 Å². The molecule has 1 aliphatic rings. The van der Waals surface area contributed by atoms with Crippen LogP contribution < -0.4 is 0 Å². The molecule has 0 saturated carbocycles. The van der Waals surface area contributed by atoms with Crippen molar-refractivity contribution in [3.63, 3.8) is 0 Å². The van der Waals surface area contributed by atoms with E-state index in [0.29, 0.717) is 12.1 Å². The van der Waals surface area contributed by atoms with E-state index >= 15 is 0 Å². The Bertz CT molecular complexity index is 341. The molecular weight excluding hydrogens is 268 g/mol. The van der Waals surface area contributed by atoms with Crippen LogP contribution >= 0.6 is 15.9 Å². The number of halogens is 1. The van der Waals surface area contributed by atoms with Crippen LogP contribution in [-0.4, -0.2) is 35.2 Å². The average molecular weight is 285 g/mol. The van der Waals surface area contributed by atoms with Crippen LogP contribution in [0.15, 0.2) is 22.8 Å². The molecule has 2 heterocycles. The summed E-state index contributed by atoms with van der Waals surface area (Å²) in [6, 6.07) is 4.58. The van der Waals surface area contributed by atoms with Crippen LogP contribution in [-0.2, 0) is 11.3 Å². The predicted octanol–water partition coefficient (Wildman–Crippen LogP) is 2.45. The summed E-state index contributed by atoms with van der Waals surface area (Å²) >= 11 is 3.40. The summed E-state index contributed by atoms with van der Waals surface area (Å²) in [5, 5.41) is 0. The maximum Gasteiger partial charge on any atom is 0.0674 e. The molecule has 2 unspecified atom stereocenters. The molecule has 0 amide bonds. The molecular formula is C12H17BrN2O. The summed E-state index contributed by atoms with van der Waals surface area (Å²) in [7, 11) is 0. The van der Waals surface area contributed by atoms with Gasteiger partial charge < -0.3 is 4.74 Å². The van der Waals surface area contributed by atoms with E-state index in [9.17, 15) is 0 Å². The zero-order chi connectivity index (χ0) is 11.5. The Morgan fingerprint density at radius 2 is 2.31 bits per heavy atom. The molecule has 0 spiro atoms. The molecule has 2 atom stereocenters. The molecule has 16 heavy (non-hydrogen) atoms. The molecule has 0 bridgehead atoms. The lowest BCUT2D eigenvalue weighted by Gasteiger charge is -2.36. The molecule has 0 aliphatic carbocycles. The number of rotatable bonds is 2. The summed E-state index contributed by atoms with van der Waals surface area (Å²) < 4.78 is 6.63. The van der Waals surface area contributed by atoms with Crippen molar-refractivity contribution in [2.24, 2.45) is 0 Å². The summed E-state index contributed by atoms with van der Waals surface area (Å²) in [5.74, 6) is 0. The fraction of sp³-hybridized carbons (Fsp3) is 0.583. The van der Waals surface area contributed by atoms with Crippen LogP contribution in [0.3, 0.4) is 0 Å². The number of hydrogen-bond donors (Lipinski definition) is 0. The van der Waals surface area contributed by atoms with Gasteiger partial charge in [0.1, 0.15) is 0 Å². The van der Waals surface area contributed by atoms with Crippen molar-refractivity contribution in [1.29, 1.82) is 0 Å². The van der Waals surface area contributed by atoms with E-state index in [1.807, 2.05) is 12.3 Å². The Balaban J connectivity index is 2.00. The Morgan fingerprint density at radius 1 is 1.50 bits per heavy atom. The Labute approximate surface area is 105 Å². The third-order valence-corrected chi connectivity index (χ3v) is 3.36. The molecule has 1 aromatic heterocycles. The molecule has 1 fully saturated rings. The van der Waals surface area contributed by atoms with Gasteiger partial charge in [-0.1, -0.05) is 0 Å². The third-order valence-electron chi connectivity index (χ3n) is 2.89. The van der Waals surface area contributed by atoms with Gasteiger partial charge in [0, 0.05) is 29.8 Å². The molecule has 88 valence electrons. The summed E-state index contributed by atoms with van der Waals surface area (Å²) in [6.45, 7) is 7.03. The highest BCUT2D eigenvalue weighted by Gasteiger charge is 2.23. The summed E-state index contributed by atoms with van der Waals surface area (Å²) in [5.41, 5.74) is 1.11. The quantitative estimate of drug-likeness (QED) is 0.834. The van der Waals surface area contributed by atoms with E-state index in [1.165, 1.54) is 0 Å². The van der Waals surface area contributed by atoms with Crippen molar-refractivity contribution in [3.8, 4) is 0 Å². The summed E-state index contributed by atoms with van der Waals surface area (Å²) in [4.78, 5) is 6.82. The second-order valence-electron chi connectivity index (χ2n) is 4.39. The van der Waals surface area contributed by atoms with Gasteiger partial charge in [-0.25, -0.2) is 0 Å². The van der Waals surface area contributed by atoms with Crippen LogP contribution in [0, 0.1) is 0 Å². The zero-order valence-corrected chi connectivity index (χ0v) is 11.3. The largest absolute Gasteiger partial charge is 0.376 e. The Hall–Kier alpha value is -0.450. The van der Waals surface area contributed by atoms with Crippen LogP contribution in [0.4, 0.5) is 0 Å². The van der Waals surface area contributed by atoms with Crippen molar-refractivity contribution in [1.82, 2.24) is 9.88 Å². The second-order valence-corrected chi connectivity index (χ2v) is 5.31. The Morgan fingerprint density at radius 3 is 3.00 bits per heavy atom. The van der Waals surface area contributed by atoms with Crippen LogP contribution in [0.25, 0.3) is 0 Å². The van der Waals surface area contributed by atoms with Crippen molar-refractivity contribution in [2.75, 3.05) is 13.2 Å². The lowest BCUT2D eigenvalue weighted by molar-refractivity contribution is -0.0530. The number of pyridine rings is 1. The number of aromatic nitrogens is 1. The van der Waals surface area contributed by atoms with Gasteiger partial charge in [-0.2, -0.15) is 0 Å². The standard InChI is InChI=1S/C12H17BrN2O/c1-9-8-16-10(2)6-15(9)7-12-4-3-11(13)5-14-12/h3-5,9-10H,6-8H2,1-2H3. The third kappa shape index (κ3) is 3.03. The van der Waals surface area contributed by atoms with Crippen molar-refractivity contribution in [3.05, 3.63) is 28.5 Å². The first kappa shape index (κ1) is 12.0. The topological polar surface area (TPSA) is 25.4 Å². The Kier molecular flexibility index (Phi) is 3.95. The minimum absolute atomic E-state index is 0.326. The lowest BCUT2D eigenvalue weighted by atomic mass is 10.2. The number of morpholine rings is 1. The minimum atomic E-state index is 0.326. The fourth-order valence-electron chi connectivity index (χ4n) is 1.90. The SMILES string of the molecule is CC1CN(Cc2ccc(Br)cn2)C(C)CO1. The molecule has 1 aliphatic heterocycles. The predicted molar refractivity (Wildman–Crippen MR) is 67.2 cm³/mol. The van der Waals surface area contributed by atoms with E-state index in [-0.39, 0.29) is 0 Å². The van der Waals surface area contributed by atoms with Gasteiger partial charge in [0.15, 0.2) is 0 Å². The first-order valence-corrected chi connectivity index (χ1v) is 6.40. The van der Waals surface area contributed by atoms with E-state index in [2.05, 4.69) is 45.7 Å². The highest BCUT2D eigenvalue weighted by molar-refractivity contribution is 9.10. The zero-order valence-electron chi connectivity index (χ0n) is 9.69. The van der Waals surface area contributed by atoms with Crippen molar-refractivity contribution >= 4 is 15.9 Å². The first-order chi connectivity index (χ1) is 7.65. The van der Waals surface area contributed by atoms with Gasteiger partial charge in [-0.3, -0.25) is 9.88 Å². The molecule has 3 nitrogen and oxygen atoms in total. The highest BCUT2D eigenvalue weighted by atomic mass is 79.9. The van der Waals surface area contributed by atoms with E-state index < -0.39 is 0 Å². The van der Waals surface area contributed by atoms with Crippen molar-refractivity contribution in [2.45, 2.75) is 32.5 Å². The maximum atomic E-state index is 5.61. The monoisotopic (exact) mass is 284 g/mol. The molecule has 0 N–H and O–H groups in total. The van der Waals surface area contributed by atoms with Crippen molar-refractivity contribution < 1.29 is 4.74 Å². The van der Waals surface area contributed by atoms with Gasteiger partial charge in [-0.15, -0.1) is 0 Å². The molecule has 4 heteroatoms. The number of nitrogens with zero attached hydrogens (tertiary/aromatic N) is 2. The molecule has 0 aromatic carbocycles. The number of ether oxygens (including phenoxy) is 1. The van der Waals surface area contributed by atoms with Gasteiger partial charge in [0.25, 0.3) is 0 Å². The molecule has 1 saturated heterocycles. The molecule has 2 rings (SSSR count). The molecule has 0 radical (unpaired) electrons. The number of hydrogen-bond acceptors (Lipinski definition) is 3. The van der Waals surface area contributed by atoms with Crippen LogP contribution in [0.5, 0.6) is 0 Å². The smallest absolute Gasteiger partial charge is 0.0674 e. The average Bonchev–Trinajstić information content (AvgIpc) is 2.27. The second kappa shape index (κ2) is 5.25. The highest BCUT2D eigenvalue weighted by Crippen LogP contribution is 2.15. The van der Waals surface area contributed by atoms with Gasteiger partial charge >= 0.3 is 0 Å². The van der Waals surface area contributed by atoms with E-state index in [1.54, 1.807) is 0 Å². The van der Waals surface area contributed by atoms with Crippen LogP contribution in [0.1, 0.15) is 19.5 Å². The molecule has 1 aromatic rings. The summed E-state index contributed by atoms with van der Waals surface area (Å²) in [6.07, 6.45) is 2.18. The fourth-order valence-corrected chi connectivity index (χ4v) is 2.13. The normalized spacial score (nSPS) is 26.9. The van der Waals surface area contributed by atoms with Gasteiger partial charge in [0.2, 0.25) is 0 Å².